The number of primary amides is 1. The molecule has 22 heavy (non-hydrogen) atoms. The summed E-state index contributed by atoms with van der Waals surface area (Å²) in [5.74, 6) is -0.338. The van der Waals surface area contributed by atoms with Gasteiger partial charge in [0.25, 0.3) is 0 Å². The minimum atomic E-state index is -0.633. The Hall–Kier alpha value is -2.07. The van der Waals surface area contributed by atoms with E-state index in [9.17, 15) is 9.18 Å². The summed E-state index contributed by atoms with van der Waals surface area (Å²) >= 11 is 5.87. The Morgan fingerprint density at radius 3 is 2.41 bits per heavy atom. The lowest BCUT2D eigenvalue weighted by atomic mass is 10.1. The molecule has 2 N–H and O–H groups in total. The summed E-state index contributed by atoms with van der Waals surface area (Å²) in [7, 11) is 0. The van der Waals surface area contributed by atoms with E-state index in [0.29, 0.717) is 22.7 Å². The molecule has 2 rings (SSSR count). The summed E-state index contributed by atoms with van der Waals surface area (Å²) in [6, 6.07) is 10.9. The number of aryl methyl sites for hydroxylation is 1. The summed E-state index contributed by atoms with van der Waals surface area (Å²) in [4.78, 5) is 13.2. The van der Waals surface area contributed by atoms with E-state index in [1.807, 2.05) is 26.0 Å². The summed E-state index contributed by atoms with van der Waals surface area (Å²) in [5, 5.41) is 0.611. The highest BCUT2D eigenvalue weighted by molar-refractivity contribution is 6.30. The smallest absolute Gasteiger partial charge is 0.319 e. The van der Waals surface area contributed by atoms with E-state index in [-0.39, 0.29) is 11.9 Å². The number of urea groups is 1. The van der Waals surface area contributed by atoms with Gasteiger partial charge in [0.15, 0.2) is 0 Å². The number of amides is 2. The Kier molecular flexibility index (Phi) is 5.03. The molecule has 2 aromatic rings. The Morgan fingerprint density at radius 1 is 1.27 bits per heavy atom. The first kappa shape index (κ1) is 16.3. The molecule has 0 aliphatic rings. The van der Waals surface area contributed by atoms with E-state index in [1.165, 1.54) is 11.0 Å². The van der Waals surface area contributed by atoms with Crippen LogP contribution in [0.25, 0.3) is 0 Å². The van der Waals surface area contributed by atoms with Gasteiger partial charge in [0.05, 0.1) is 6.04 Å². The van der Waals surface area contributed by atoms with Gasteiger partial charge in [-0.15, -0.1) is 0 Å². The van der Waals surface area contributed by atoms with Gasteiger partial charge in [0, 0.05) is 10.7 Å². The first-order valence-electron chi connectivity index (χ1n) is 7.06. The molecule has 0 aliphatic carbocycles. The van der Waals surface area contributed by atoms with Crippen LogP contribution in [0.5, 0.6) is 0 Å². The molecule has 1 atom stereocenters. The second-order valence-corrected chi connectivity index (χ2v) is 5.50. The Bertz CT molecular complexity index is 673. The first-order valence-corrected chi connectivity index (χ1v) is 7.44. The van der Waals surface area contributed by atoms with Crippen LogP contribution in [0.3, 0.4) is 0 Å². The van der Waals surface area contributed by atoms with Crippen molar-refractivity contribution in [3.8, 4) is 0 Å². The lowest BCUT2D eigenvalue weighted by molar-refractivity contribution is 0.252. The van der Waals surface area contributed by atoms with E-state index in [2.05, 4.69) is 0 Å². The third kappa shape index (κ3) is 3.39. The molecule has 3 nitrogen and oxygen atoms in total. The number of nitrogens with zero attached hydrogens (tertiary/aromatic N) is 1. The molecule has 5 heteroatoms. The van der Waals surface area contributed by atoms with Crippen LogP contribution in [0.15, 0.2) is 42.5 Å². The molecule has 0 fully saturated rings. The number of nitrogens with two attached hydrogens (primary N) is 1. The second kappa shape index (κ2) is 6.79. The lowest BCUT2D eigenvalue weighted by Gasteiger charge is -2.28. The maximum absolute atomic E-state index is 14.0. The van der Waals surface area contributed by atoms with Crippen LogP contribution in [0.2, 0.25) is 5.02 Å². The van der Waals surface area contributed by atoms with Crippen LogP contribution in [0.1, 0.15) is 31.0 Å². The molecule has 2 amide bonds. The molecule has 0 radical (unpaired) electrons. The Morgan fingerprint density at radius 2 is 1.91 bits per heavy atom. The molecule has 0 heterocycles. The van der Waals surface area contributed by atoms with Crippen molar-refractivity contribution in [1.29, 1.82) is 0 Å². The fourth-order valence-corrected chi connectivity index (χ4v) is 2.53. The average Bonchev–Trinajstić information content (AvgIpc) is 2.48. The highest BCUT2D eigenvalue weighted by Crippen LogP contribution is 2.29. The van der Waals surface area contributed by atoms with Crippen LogP contribution < -0.4 is 10.6 Å². The monoisotopic (exact) mass is 320 g/mol. The van der Waals surface area contributed by atoms with Crippen molar-refractivity contribution in [2.24, 2.45) is 5.73 Å². The van der Waals surface area contributed by atoms with Crippen LogP contribution >= 0.6 is 11.6 Å². The number of hydrogen-bond acceptors (Lipinski definition) is 1. The van der Waals surface area contributed by atoms with Gasteiger partial charge >= 0.3 is 6.03 Å². The minimum Gasteiger partial charge on any atom is -0.351 e. The van der Waals surface area contributed by atoms with Crippen LogP contribution in [0.4, 0.5) is 14.9 Å². The molecule has 0 bridgehead atoms. The SMILES string of the molecule is CCc1ccc(N(C(N)=O)C(C)c2ccc(Cl)cc2)cc1F. The summed E-state index contributed by atoms with van der Waals surface area (Å²) in [5.41, 5.74) is 7.40. The zero-order valence-electron chi connectivity index (χ0n) is 12.5. The molecule has 1 unspecified atom stereocenters. The van der Waals surface area contributed by atoms with E-state index in [0.717, 1.165) is 5.56 Å². The molecule has 0 saturated carbocycles. The van der Waals surface area contributed by atoms with Gasteiger partial charge < -0.3 is 5.73 Å². The summed E-state index contributed by atoms with van der Waals surface area (Å²) in [6.45, 7) is 3.71. The third-order valence-corrected chi connectivity index (χ3v) is 3.92. The quantitative estimate of drug-likeness (QED) is 0.873. The van der Waals surface area contributed by atoms with Crippen LogP contribution in [-0.2, 0) is 6.42 Å². The largest absolute Gasteiger partial charge is 0.351 e. The van der Waals surface area contributed by atoms with Gasteiger partial charge in [-0.25, -0.2) is 9.18 Å². The zero-order chi connectivity index (χ0) is 16.3. The van der Waals surface area contributed by atoms with Gasteiger partial charge in [0.2, 0.25) is 0 Å². The molecule has 116 valence electrons. The van der Waals surface area contributed by atoms with Gasteiger partial charge in [-0.1, -0.05) is 36.7 Å². The number of benzene rings is 2. The Labute approximate surface area is 134 Å². The van der Waals surface area contributed by atoms with Crippen LogP contribution in [0, 0.1) is 5.82 Å². The predicted molar refractivity (Wildman–Crippen MR) is 87.7 cm³/mol. The highest BCUT2D eigenvalue weighted by atomic mass is 35.5. The fraction of sp³-hybridized carbons (Fsp3) is 0.235. The Balaban J connectivity index is 2.39. The number of anilines is 1. The number of rotatable bonds is 4. The molecule has 2 aromatic carbocycles. The first-order chi connectivity index (χ1) is 10.4. The van der Waals surface area contributed by atoms with Crippen molar-refractivity contribution in [3.05, 3.63) is 64.4 Å². The maximum Gasteiger partial charge on any atom is 0.319 e. The number of hydrogen-bond donors (Lipinski definition) is 1. The van der Waals surface area contributed by atoms with Gasteiger partial charge in [0.1, 0.15) is 5.82 Å². The summed E-state index contributed by atoms with van der Waals surface area (Å²) in [6.07, 6.45) is 0.593. The molecular weight excluding hydrogens is 303 g/mol. The average molecular weight is 321 g/mol. The number of carbonyl (C=O) groups excluding carboxylic acids is 1. The van der Waals surface area contributed by atoms with E-state index in [4.69, 9.17) is 17.3 Å². The molecule has 0 aromatic heterocycles. The van der Waals surface area contributed by atoms with Crippen molar-refractivity contribution in [2.75, 3.05) is 4.90 Å². The predicted octanol–water partition coefficient (Wildman–Crippen LogP) is 4.69. The maximum atomic E-state index is 14.0. The lowest BCUT2D eigenvalue weighted by Crippen LogP contribution is -2.38. The minimum absolute atomic E-state index is 0.332. The van der Waals surface area contributed by atoms with Crippen molar-refractivity contribution in [2.45, 2.75) is 26.3 Å². The van der Waals surface area contributed by atoms with Gasteiger partial charge in [-0.3, -0.25) is 4.90 Å². The highest BCUT2D eigenvalue weighted by Gasteiger charge is 2.22. The third-order valence-electron chi connectivity index (χ3n) is 3.67. The van der Waals surface area contributed by atoms with Crippen molar-refractivity contribution in [1.82, 2.24) is 0 Å². The van der Waals surface area contributed by atoms with Crippen molar-refractivity contribution < 1.29 is 9.18 Å². The van der Waals surface area contributed by atoms with E-state index in [1.54, 1.807) is 24.3 Å². The molecule has 0 spiro atoms. The summed E-state index contributed by atoms with van der Waals surface area (Å²) < 4.78 is 14.0. The van der Waals surface area contributed by atoms with Gasteiger partial charge in [-0.2, -0.15) is 0 Å². The second-order valence-electron chi connectivity index (χ2n) is 5.07. The molecule has 0 saturated heterocycles. The van der Waals surface area contributed by atoms with Gasteiger partial charge in [-0.05, 0) is 48.7 Å². The number of halogens is 2. The van der Waals surface area contributed by atoms with Crippen molar-refractivity contribution in [3.63, 3.8) is 0 Å². The topological polar surface area (TPSA) is 46.3 Å². The molecule has 0 aliphatic heterocycles. The van der Waals surface area contributed by atoms with E-state index < -0.39 is 6.03 Å². The number of carbonyl (C=O) groups is 1. The van der Waals surface area contributed by atoms with Crippen molar-refractivity contribution >= 4 is 23.3 Å². The standard InChI is InChI=1S/C17H18ClFN2O/c1-3-12-6-9-15(10-16(12)19)21(17(20)22)11(2)13-4-7-14(18)8-5-13/h4-11H,3H2,1-2H3,(H2,20,22). The molecular formula is C17H18ClFN2O. The zero-order valence-corrected chi connectivity index (χ0v) is 13.3. The van der Waals surface area contributed by atoms with Crippen LogP contribution in [-0.4, -0.2) is 6.03 Å². The normalized spacial score (nSPS) is 12.0. The fourth-order valence-electron chi connectivity index (χ4n) is 2.40. The van der Waals surface area contributed by atoms with E-state index >= 15 is 0 Å².